The third-order valence-electron chi connectivity index (χ3n) is 2.60. The Morgan fingerprint density at radius 1 is 1.17 bits per heavy atom. The van der Waals surface area contributed by atoms with Crippen LogP contribution in [0.15, 0.2) is 42.5 Å². The van der Waals surface area contributed by atoms with Gasteiger partial charge in [-0.2, -0.15) is 0 Å². The van der Waals surface area contributed by atoms with Crippen molar-refractivity contribution in [3.05, 3.63) is 59.4 Å². The minimum Gasteiger partial charge on any atom is -0.399 e. The zero-order valence-electron chi connectivity index (χ0n) is 9.91. The molecule has 2 aromatic rings. The van der Waals surface area contributed by atoms with Gasteiger partial charge in [-0.3, -0.25) is 4.79 Å². The Morgan fingerprint density at radius 2 is 1.83 bits per heavy atom. The summed E-state index contributed by atoms with van der Waals surface area (Å²) >= 11 is 0. The number of nitrogens with one attached hydrogen (secondary N) is 1. The summed E-state index contributed by atoms with van der Waals surface area (Å²) in [5, 5.41) is 2.62. The Bertz CT molecular complexity index is 579. The summed E-state index contributed by atoms with van der Waals surface area (Å²) < 4.78 is 13.7. The molecule has 0 spiro atoms. The van der Waals surface area contributed by atoms with Gasteiger partial charge in [-0.05, 0) is 42.8 Å². The Labute approximate surface area is 104 Å². The van der Waals surface area contributed by atoms with Gasteiger partial charge in [0.15, 0.2) is 0 Å². The number of amides is 1. The Kier molecular flexibility index (Phi) is 3.28. The average molecular weight is 244 g/mol. The number of nitrogen functional groups attached to an aromatic ring is 1. The average Bonchev–Trinajstić information content (AvgIpc) is 2.35. The molecule has 0 atom stereocenters. The molecule has 3 nitrogen and oxygen atoms in total. The lowest BCUT2D eigenvalue weighted by Crippen LogP contribution is -2.14. The van der Waals surface area contributed by atoms with Crippen LogP contribution >= 0.6 is 0 Å². The highest BCUT2D eigenvalue weighted by Crippen LogP contribution is 2.15. The second-order valence-corrected chi connectivity index (χ2v) is 4.01. The fourth-order valence-corrected chi connectivity index (χ4v) is 1.59. The predicted octanol–water partition coefficient (Wildman–Crippen LogP) is 2.97. The van der Waals surface area contributed by atoms with E-state index in [-0.39, 0.29) is 5.56 Å². The maximum atomic E-state index is 13.7. The highest BCUT2D eigenvalue weighted by Gasteiger charge is 2.12. The number of hydrogen-bond donors (Lipinski definition) is 2. The lowest BCUT2D eigenvalue weighted by Gasteiger charge is -2.07. The summed E-state index contributed by atoms with van der Waals surface area (Å²) in [5.41, 5.74) is 7.20. The second-order valence-electron chi connectivity index (χ2n) is 4.01. The molecule has 0 unspecified atom stereocenters. The van der Waals surface area contributed by atoms with Crippen LogP contribution in [0.2, 0.25) is 0 Å². The van der Waals surface area contributed by atoms with Crippen LogP contribution in [-0.4, -0.2) is 5.91 Å². The molecule has 0 aliphatic rings. The van der Waals surface area contributed by atoms with Gasteiger partial charge in [-0.1, -0.05) is 12.1 Å². The maximum absolute atomic E-state index is 13.7. The standard InChI is InChI=1S/C14H13FN2O/c1-9-3-2-4-12(13(9)15)14(18)17-11-7-5-10(16)6-8-11/h2-8H,16H2,1H3,(H,17,18). The van der Waals surface area contributed by atoms with Crippen molar-refractivity contribution in [2.75, 3.05) is 11.1 Å². The van der Waals surface area contributed by atoms with Gasteiger partial charge in [0.05, 0.1) is 5.56 Å². The third-order valence-corrected chi connectivity index (χ3v) is 2.60. The molecule has 0 heterocycles. The minimum absolute atomic E-state index is 0.0341. The van der Waals surface area contributed by atoms with Gasteiger partial charge in [0.2, 0.25) is 0 Å². The van der Waals surface area contributed by atoms with Crippen LogP contribution in [0, 0.1) is 12.7 Å². The van der Waals surface area contributed by atoms with Gasteiger partial charge in [0.1, 0.15) is 5.82 Å². The number of rotatable bonds is 2. The van der Waals surface area contributed by atoms with Crippen molar-refractivity contribution in [2.45, 2.75) is 6.92 Å². The van der Waals surface area contributed by atoms with Gasteiger partial charge in [-0.15, -0.1) is 0 Å². The molecule has 0 aromatic heterocycles. The van der Waals surface area contributed by atoms with Crippen molar-refractivity contribution in [3.63, 3.8) is 0 Å². The summed E-state index contributed by atoms with van der Waals surface area (Å²) in [5.74, 6) is -0.966. The fourth-order valence-electron chi connectivity index (χ4n) is 1.59. The van der Waals surface area contributed by atoms with E-state index in [1.165, 1.54) is 6.07 Å². The van der Waals surface area contributed by atoms with Crippen molar-refractivity contribution in [3.8, 4) is 0 Å². The number of halogens is 1. The van der Waals surface area contributed by atoms with E-state index in [4.69, 9.17) is 5.73 Å². The minimum atomic E-state index is -0.495. The number of hydrogen-bond acceptors (Lipinski definition) is 2. The van der Waals surface area contributed by atoms with Gasteiger partial charge >= 0.3 is 0 Å². The molecular weight excluding hydrogens is 231 g/mol. The van der Waals surface area contributed by atoms with E-state index in [0.717, 1.165) is 0 Å². The molecule has 0 radical (unpaired) electrons. The van der Waals surface area contributed by atoms with E-state index in [2.05, 4.69) is 5.32 Å². The monoisotopic (exact) mass is 244 g/mol. The SMILES string of the molecule is Cc1cccc(C(=O)Nc2ccc(N)cc2)c1F. The number of benzene rings is 2. The zero-order chi connectivity index (χ0) is 13.1. The van der Waals surface area contributed by atoms with Crippen LogP contribution in [0.3, 0.4) is 0 Å². The number of nitrogens with two attached hydrogens (primary N) is 1. The summed E-state index contributed by atoms with van der Waals surface area (Å²) in [6.45, 7) is 1.62. The first-order chi connectivity index (χ1) is 8.58. The summed E-state index contributed by atoms with van der Waals surface area (Å²) in [4.78, 5) is 11.9. The van der Waals surface area contributed by atoms with Gasteiger partial charge in [0.25, 0.3) is 5.91 Å². The molecule has 4 heteroatoms. The van der Waals surface area contributed by atoms with Gasteiger partial charge in [0, 0.05) is 11.4 Å². The van der Waals surface area contributed by atoms with Crippen LogP contribution in [0.5, 0.6) is 0 Å². The van der Waals surface area contributed by atoms with Crippen LogP contribution in [0.4, 0.5) is 15.8 Å². The molecule has 2 rings (SSSR count). The molecule has 92 valence electrons. The number of aryl methyl sites for hydroxylation is 1. The Balaban J connectivity index is 2.22. The van der Waals surface area contributed by atoms with E-state index in [1.54, 1.807) is 43.3 Å². The van der Waals surface area contributed by atoms with E-state index in [1.807, 2.05) is 0 Å². The highest BCUT2D eigenvalue weighted by atomic mass is 19.1. The topological polar surface area (TPSA) is 55.1 Å². The molecule has 3 N–H and O–H groups in total. The zero-order valence-corrected chi connectivity index (χ0v) is 9.91. The Morgan fingerprint density at radius 3 is 2.50 bits per heavy atom. The largest absolute Gasteiger partial charge is 0.399 e. The normalized spacial score (nSPS) is 10.1. The molecule has 0 fully saturated rings. The van der Waals surface area contributed by atoms with Crippen molar-refractivity contribution in [1.29, 1.82) is 0 Å². The summed E-state index contributed by atoms with van der Waals surface area (Å²) in [7, 11) is 0. The quantitative estimate of drug-likeness (QED) is 0.798. The molecule has 1 amide bonds. The van der Waals surface area contributed by atoms with Crippen LogP contribution in [0.1, 0.15) is 15.9 Å². The molecule has 2 aromatic carbocycles. The maximum Gasteiger partial charge on any atom is 0.258 e. The van der Waals surface area contributed by atoms with Crippen molar-refractivity contribution in [2.24, 2.45) is 0 Å². The van der Waals surface area contributed by atoms with Crippen molar-refractivity contribution in [1.82, 2.24) is 0 Å². The van der Waals surface area contributed by atoms with Crippen molar-refractivity contribution >= 4 is 17.3 Å². The van der Waals surface area contributed by atoms with Gasteiger partial charge in [-0.25, -0.2) is 4.39 Å². The van der Waals surface area contributed by atoms with Crippen LogP contribution in [0.25, 0.3) is 0 Å². The lowest BCUT2D eigenvalue weighted by atomic mass is 10.1. The molecule has 0 saturated carbocycles. The van der Waals surface area contributed by atoms with Crippen LogP contribution in [-0.2, 0) is 0 Å². The van der Waals surface area contributed by atoms with E-state index < -0.39 is 11.7 Å². The third kappa shape index (κ3) is 2.48. The fraction of sp³-hybridized carbons (Fsp3) is 0.0714. The molecule has 18 heavy (non-hydrogen) atoms. The second kappa shape index (κ2) is 4.87. The molecule has 0 bridgehead atoms. The van der Waals surface area contributed by atoms with Crippen LogP contribution < -0.4 is 11.1 Å². The molecule has 0 saturated heterocycles. The molecule has 0 aliphatic heterocycles. The van der Waals surface area contributed by atoms with E-state index in [9.17, 15) is 9.18 Å². The highest BCUT2D eigenvalue weighted by molar-refractivity contribution is 6.04. The number of anilines is 2. The summed E-state index contributed by atoms with van der Waals surface area (Å²) in [6, 6.07) is 11.4. The molecule has 0 aliphatic carbocycles. The predicted molar refractivity (Wildman–Crippen MR) is 69.9 cm³/mol. The first-order valence-corrected chi connectivity index (χ1v) is 5.50. The smallest absolute Gasteiger partial charge is 0.258 e. The summed E-state index contributed by atoms with van der Waals surface area (Å²) in [6.07, 6.45) is 0. The van der Waals surface area contributed by atoms with Gasteiger partial charge < -0.3 is 11.1 Å². The number of carbonyl (C=O) groups is 1. The first kappa shape index (κ1) is 12.1. The van der Waals surface area contributed by atoms with E-state index in [0.29, 0.717) is 16.9 Å². The lowest BCUT2D eigenvalue weighted by molar-refractivity contribution is 0.102. The van der Waals surface area contributed by atoms with Crippen molar-refractivity contribution < 1.29 is 9.18 Å². The molecular formula is C14H13FN2O. The Hall–Kier alpha value is -2.36. The van der Waals surface area contributed by atoms with E-state index >= 15 is 0 Å². The number of carbonyl (C=O) groups excluding carboxylic acids is 1. The first-order valence-electron chi connectivity index (χ1n) is 5.50.